The normalized spacial score (nSPS) is 15.8. The van der Waals surface area contributed by atoms with Crippen LogP contribution in [0.1, 0.15) is 4.88 Å². The van der Waals surface area contributed by atoms with Crippen molar-refractivity contribution in [3.8, 4) is 17.3 Å². The maximum atomic E-state index is 13.5. The summed E-state index contributed by atoms with van der Waals surface area (Å²) in [5.41, 5.74) is 1.68. The number of anilines is 3. The SMILES string of the molecule is CN(c1nc(-c2ccc(F)cc2)c(C#N)s1)c1cn(CC(F)F)c(=O)c2ccc(N3CCN(CC(=O)N4CC(O)C4)CC3)cc12. The Morgan fingerprint density at radius 3 is 2.49 bits per heavy atom. The first kappa shape index (κ1) is 30.6. The molecule has 2 aliphatic rings. The summed E-state index contributed by atoms with van der Waals surface area (Å²) in [7, 11) is 1.69. The molecule has 0 bridgehead atoms. The highest BCUT2D eigenvalue weighted by Gasteiger charge is 2.30. The fourth-order valence-corrected chi connectivity index (χ4v) is 6.52. The van der Waals surface area contributed by atoms with Gasteiger partial charge in [0.25, 0.3) is 12.0 Å². The minimum atomic E-state index is -2.75. The third-order valence-corrected chi connectivity index (χ3v) is 9.21. The molecule has 45 heavy (non-hydrogen) atoms. The molecule has 0 saturated carbocycles. The Morgan fingerprint density at radius 2 is 1.84 bits per heavy atom. The number of nitrogens with zero attached hydrogens (tertiary/aromatic N) is 7. The molecule has 10 nitrogen and oxygen atoms in total. The lowest BCUT2D eigenvalue weighted by molar-refractivity contribution is -0.142. The zero-order valence-electron chi connectivity index (χ0n) is 24.4. The van der Waals surface area contributed by atoms with Gasteiger partial charge < -0.3 is 24.4 Å². The summed E-state index contributed by atoms with van der Waals surface area (Å²) in [4.78, 5) is 38.2. The van der Waals surface area contributed by atoms with Gasteiger partial charge in [0.15, 0.2) is 5.13 Å². The highest BCUT2D eigenvalue weighted by molar-refractivity contribution is 7.16. The number of aliphatic hydroxyl groups is 1. The van der Waals surface area contributed by atoms with Gasteiger partial charge in [-0.05, 0) is 42.5 Å². The molecule has 2 fully saturated rings. The molecule has 0 spiro atoms. The van der Waals surface area contributed by atoms with Crippen molar-refractivity contribution in [2.45, 2.75) is 19.1 Å². The average molecular weight is 638 g/mol. The number of rotatable bonds is 8. The number of hydrogen-bond acceptors (Lipinski definition) is 9. The molecule has 2 aliphatic heterocycles. The quantitative estimate of drug-likeness (QED) is 0.313. The molecule has 2 saturated heterocycles. The second kappa shape index (κ2) is 12.5. The standard InChI is InChI=1S/C31H30F3N7O3S/c1-37(31-36-29(26(13-35)45-31)19-2-4-20(32)5-3-19)25-16-41(17-27(33)34)30(44)23-7-6-21(12-24(23)25)39-10-8-38(9-11-39)18-28(43)40-14-22(42)15-40/h2-7,12,16,22,27,42H,8-11,14-15,17-18H2,1H3. The van der Waals surface area contributed by atoms with Gasteiger partial charge in [-0.2, -0.15) is 5.26 Å². The van der Waals surface area contributed by atoms with E-state index in [0.717, 1.165) is 21.6 Å². The van der Waals surface area contributed by atoms with Gasteiger partial charge in [0.2, 0.25) is 5.91 Å². The molecule has 6 rings (SSSR count). The summed E-state index contributed by atoms with van der Waals surface area (Å²) in [5, 5.41) is 20.5. The molecule has 0 radical (unpaired) electrons. The van der Waals surface area contributed by atoms with Crippen molar-refractivity contribution in [3.05, 3.63) is 69.7 Å². The molecule has 1 N–H and O–H groups in total. The van der Waals surface area contributed by atoms with Gasteiger partial charge in [0, 0.05) is 74.5 Å². The third kappa shape index (κ3) is 6.24. The van der Waals surface area contributed by atoms with Crippen LogP contribution in [0.15, 0.2) is 53.5 Å². The van der Waals surface area contributed by atoms with Crippen LogP contribution in [0.5, 0.6) is 0 Å². The van der Waals surface area contributed by atoms with Gasteiger partial charge in [-0.3, -0.25) is 14.5 Å². The van der Waals surface area contributed by atoms with Crippen molar-refractivity contribution >= 4 is 44.5 Å². The fourth-order valence-electron chi connectivity index (χ4n) is 5.66. The molecule has 234 valence electrons. The van der Waals surface area contributed by atoms with Crippen LogP contribution >= 0.6 is 11.3 Å². The summed E-state index contributed by atoms with van der Waals surface area (Å²) in [5.74, 6) is -0.424. The largest absolute Gasteiger partial charge is 0.389 e. The molecule has 1 amide bonds. The minimum absolute atomic E-state index is 0.00320. The molecule has 2 aromatic carbocycles. The van der Waals surface area contributed by atoms with E-state index in [9.17, 15) is 33.1 Å². The van der Waals surface area contributed by atoms with Crippen LogP contribution in [-0.2, 0) is 11.3 Å². The van der Waals surface area contributed by atoms with Crippen molar-refractivity contribution in [1.82, 2.24) is 19.4 Å². The topological polar surface area (TPSA) is 109 Å². The number of amides is 1. The first-order chi connectivity index (χ1) is 21.6. The zero-order chi connectivity index (χ0) is 31.8. The minimum Gasteiger partial charge on any atom is -0.389 e. The highest BCUT2D eigenvalue weighted by Crippen LogP contribution is 2.38. The van der Waals surface area contributed by atoms with Crippen LogP contribution in [0.4, 0.5) is 29.7 Å². The highest BCUT2D eigenvalue weighted by atomic mass is 32.1. The van der Waals surface area contributed by atoms with Gasteiger partial charge in [0.05, 0.1) is 24.9 Å². The number of likely N-dealkylation sites (tertiary alicyclic amines) is 1. The number of nitriles is 1. The van der Waals surface area contributed by atoms with E-state index in [1.54, 1.807) is 29.0 Å². The monoisotopic (exact) mass is 637 g/mol. The Balaban J connectivity index is 1.31. The number of piperazine rings is 1. The number of β-amino-alcohol motifs (C(OH)–C–C–N with tert-alkyl or cyclic N) is 1. The maximum absolute atomic E-state index is 13.5. The number of hydrogen-bond donors (Lipinski definition) is 1. The van der Waals surface area contributed by atoms with Crippen molar-refractivity contribution in [1.29, 1.82) is 5.26 Å². The van der Waals surface area contributed by atoms with Crippen LogP contribution in [-0.4, -0.2) is 95.8 Å². The lowest BCUT2D eigenvalue weighted by Crippen LogP contribution is -2.57. The van der Waals surface area contributed by atoms with Crippen molar-refractivity contribution in [2.75, 3.05) is 62.7 Å². The Morgan fingerprint density at radius 1 is 1.13 bits per heavy atom. The molecule has 14 heteroatoms. The Kier molecular flexibility index (Phi) is 8.50. The molecular formula is C31H30F3N7O3S. The van der Waals surface area contributed by atoms with Crippen molar-refractivity contribution in [3.63, 3.8) is 0 Å². The number of halogens is 3. The average Bonchev–Trinajstić information content (AvgIpc) is 3.45. The van der Waals surface area contributed by atoms with Gasteiger partial charge >= 0.3 is 0 Å². The maximum Gasteiger partial charge on any atom is 0.258 e. The van der Waals surface area contributed by atoms with Crippen LogP contribution < -0.4 is 15.4 Å². The number of aliphatic hydroxyl groups excluding tert-OH is 1. The van der Waals surface area contributed by atoms with E-state index in [1.807, 2.05) is 6.07 Å². The predicted molar refractivity (Wildman–Crippen MR) is 166 cm³/mol. The van der Waals surface area contributed by atoms with Gasteiger partial charge in [-0.25, -0.2) is 18.2 Å². The molecule has 4 aromatic rings. The van der Waals surface area contributed by atoms with E-state index in [-0.39, 0.29) is 17.8 Å². The fraction of sp³-hybridized carbons (Fsp3) is 0.355. The lowest BCUT2D eigenvalue weighted by atomic mass is 10.1. The number of thiazole rings is 1. The van der Waals surface area contributed by atoms with Crippen molar-refractivity contribution < 1.29 is 23.1 Å². The molecule has 0 unspecified atom stereocenters. The molecule has 4 heterocycles. The van der Waals surface area contributed by atoms with Gasteiger partial charge in [0.1, 0.15) is 22.5 Å². The number of aromatic nitrogens is 2. The van der Waals surface area contributed by atoms with Crippen LogP contribution in [0.2, 0.25) is 0 Å². The van der Waals surface area contributed by atoms with E-state index < -0.39 is 30.5 Å². The van der Waals surface area contributed by atoms with Crippen LogP contribution in [0.3, 0.4) is 0 Å². The Hall–Kier alpha value is -4.45. The smallest absolute Gasteiger partial charge is 0.258 e. The zero-order valence-corrected chi connectivity index (χ0v) is 25.2. The molecule has 0 atom stereocenters. The van der Waals surface area contributed by atoms with Crippen molar-refractivity contribution in [2.24, 2.45) is 0 Å². The summed E-state index contributed by atoms with van der Waals surface area (Å²) in [6, 6.07) is 13.1. The molecule has 0 aliphatic carbocycles. The first-order valence-corrected chi connectivity index (χ1v) is 15.2. The number of carbonyl (C=O) groups is 1. The van der Waals surface area contributed by atoms with E-state index >= 15 is 0 Å². The lowest BCUT2D eigenvalue weighted by Gasteiger charge is -2.39. The van der Waals surface area contributed by atoms with Gasteiger partial charge in [-0.15, -0.1) is 0 Å². The van der Waals surface area contributed by atoms with Crippen LogP contribution in [0.25, 0.3) is 22.0 Å². The second-order valence-corrected chi connectivity index (χ2v) is 12.1. The van der Waals surface area contributed by atoms with E-state index in [4.69, 9.17) is 0 Å². The van der Waals surface area contributed by atoms with E-state index in [1.165, 1.54) is 30.5 Å². The number of benzene rings is 2. The second-order valence-electron chi connectivity index (χ2n) is 11.2. The Bertz CT molecular complexity index is 1830. The summed E-state index contributed by atoms with van der Waals surface area (Å²) < 4.78 is 41.5. The van der Waals surface area contributed by atoms with Crippen LogP contribution in [0, 0.1) is 17.1 Å². The molecule has 2 aromatic heterocycles. The summed E-state index contributed by atoms with van der Waals surface area (Å²) in [6.45, 7) is 2.81. The van der Waals surface area contributed by atoms with E-state index in [2.05, 4.69) is 20.9 Å². The predicted octanol–water partition coefficient (Wildman–Crippen LogP) is 3.49. The summed E-state index contributed by atoms with van der Waals surface area (Å²) in [6.07, 6.45) is -1.80. The number of alkyl halides is 2. The Labute approximate surface area is 260 Å². The molecular weight excluding hydrogens is 607 g/mol. The third-order valence-electron chi connectivity index (χ3n) is 8.18. The number of carbonyl (C=O) groups excluding carboxylic acids is 1. The number of fused-ring (bicyclic) bond motifs is 1. The first-order valence-electron chi connectivity index (χ1n) is 14.4. The van der Waals surface area contributed by atoms with E-state index in [0.29, 0.717) is 71.6 Å². The number of pyridine rings is 1. The summed E-state index contributed by atoms with van der Waals surface area (Å²) >= 11 is 1.10. The van der Waals surface area contributed by atoms with Gasteiger partial charge in [-0.1, -0.05) is 11.3 Å².